The quantitative estimate of drug-likeness (QED) is 0.914. The molecule has 106 valence electrons. The van der Waals surface area contributed by atoms with Crippen molar-refractivity contribution in [3.05, 3.63) is 35.9 Å². The lowest BCUT2D eigenvalue weighted by Crippen LogP contribution is -2.20. The number of ether oxygens (including phenoxy) is 2. The van der Waals surface area contributed by atoms with Gasteiger partial charge in [0.25, 0.3) is 0 Å². The molecule has 6 heteroatoms. The maximum Gasteiger partial charge on any atom is 0.164 e. The van der Waals surface area contributed by atoms with Gasteiger partial charge in [-0.25, -0.2) is 4.98 Å². The van der Waals surface area contributed by atoms with Crippen molar-refractivity contribution in [1.82, 2.24) is 20.1 Å². The molecule has 1 atom stereocenters. The minimum atomic E-state index is 0.189. The third-order valence-corrected chi connectivity index (χ3v) is 3.28. The third-order valence-electron chi connectivity index (χ3n) is 3.28. The molecule has 0 amide bonds. The summed E-state index contributed by atoms with van der Waals surface area (Å²) in [6.45, 7) is 3.96. The number of fused-ring (bicyclic) bond motifs is 1. The van der Waals surface area contributed by atoms with Crippen LogP contribution in [0, 0.1) is 0 Å². The van der Waals surface area contributed by atoms with Gasteiger partial charge in [0.2, 0.25) is 0 Å². The standard InChI is InChI=1S/C14H18N4O2/c1-10(15-8-14-16-9-18(2)17-14)11-3-4-12-13(7-11)20-6-5-19-12/h3-4,7,9-10,15H,5-6,8H2,1-2H3. The Morgan fingerprint density at radius 2 is 2.10 bits per heavy atom. The van der Waals surface area contributed by atoms with Crippen LogP contribution in [0.3, 0.4) is 0 Å². The van der Waals surface area contributed by atoms with Gasteiger partial charge in [0.1, 0.15) is 19.5 Å². The number of benzene rings is 1. The molecule has 2 heterocycles. The number of nitrogens with one attached hydrogen (secondary N) is 1. The SMILES string of the molecule is CC(NCc1ncn(C)n1)c1ccc2c(c1)OCCO2. The number of hydrogen-bond donors (Lipinski definition) is 1. The molecule has 0 bridgehead atoms. The molecule has 0 fully saturated rings. The number of hydrogen-bond acceptors (Lipinski definition) is 5. The first-order valence-corrected chi connectivity index (χ1v) is 6.70. The molecule has 0 aliphatic carbocycles. The molecule has 3 rings (SSSR count). The van der Waals surface area contributed by atoms with E-state index >= 15 is 0 Å². The zero-order chi connectivity index (χ0) is 13.9. The van der Waals surface area contributed by atoms with Crippen LogP contribution in [-0.2, 0) is 13.6 Å². The van der Waals surface area contributed by atoms with E-state index < -0.39 is 0 Å². The van der Waals surface area contributed by atoms with E-state index in [2.05, 4.69) is 28.4 Å². The summed E-state index contributed by atoms with van der Waals surface area (Å²) < 4.78 is 12.8. The second kappa shape index (κ2) is 5.50. The second-order valence-electron chi connectivity index (χ2n) is 4.84. The summed E-state index contributed by atoms with van der Waals surface area (Å²) in [6, 6.07) is 6.23. The van der Waals surface area contributed by atoms with Crippen molar-refractivity contribution in [2.45, 2.75) is 19.5 Å². The first-order chi connectivity index (χ1) is 9.72. The molecule has 1 aliphatic rings. The van der Waals surface area contributed by atoms with Crippen LogP contribution in [0.5, 0.6) is 11.5 Å². The Kier molecular flexibility index (Phi) is 3.56. The fourth-order valence-corrected chi connectivity index (χ4v) is 2.16. The average molecular weight is 274 g/mol. The lowest BCUT2D eigenvalue weighted by atomic mass is 10.1. The fourth-order valence-electron chi connectivity index (χ4n) is 2.16. The number of aryl methyl sites for hydroxylation is 1. The van der Waals surface area contributed by atoms with Gasteiger partial charge in [-0.15, -0.1) is 0 Å². The summed E-state index contributed by atoms with van der Waals surface area (Å²) in [5.74, 6) is 2.42. The van der Waals surface area contributed by atoms with Crippen molar-refractivity contribution < 1.29 is 9.47 Å². The van der Waals surface area contributed by atoms with Crippen LogP contribution in [0.1, 0.15) is 24.4 Å². The first kappa shape index (κ1) is 12.9. The Bertz CT molecular complexity index is 597. The summed E-state index contributed by atoms with van der Waals surface area (Å²) >= 11 is 0. The molecule has 1 unspecified atom stereocenters. The molecular formula is C14H18N4O2. The highest BCUT2D eigenvalue weighted by Gasteiger charge is 2.14. The van der Waals surface area contributed by atoms with Crippen LogP contribution in [0.4, 0.5) is 0 Å². The molecular weight excluding hydrogens is 256 g/mol. The molecule has 0 saturated heterocycles. The Labute approximate surface area is 117 Å². The molecule has 0 saturated carbocycles. The zero-order valence-electron chi connectivity index (χ0n) is 11.7. The minimum Gasteiger partial charge on any atom is -0.486 e. The fraction of sp³-hybridized carbons (Fsp3) is 0.429. The predicted molar refractivity (Wildman–Crippen MR) is 73.7 cm³/mol. The maximum atomic E-state index is 5.60. The number of aromatic nitrogens is 3. The van der Waals surface area contributed by atoms with E-state index in [0.29, 0.717) is 19.8 Å². The molecule has 1 N–H and O–H groups in total. The minimum absolute atomic E-state index is 0.189. The van der Waals surface area contributed by atoms with Crippen molar-refractivity contribution in [2.24, 2.45) is 7.05 Å². The van der Waals surface area contributed by atoms with Gasteiger partial charge in [0.15, 0.2) is 17.3 Å². The molecule has 2 aromatic rings. The smallest absolute Gasteiger partial charge is 0.164 e. The number of rotatable bonds is 4. The van der Waals surface area contributed by atoms with Gasteiger partial charge in [0.05, 0.1) is 6.54 Å². The van der Waals surface area contributed by atoms with E-state index in [0.717, 1.165) is 22.9 Å². The largest absolute Gasteiger partial charge is 0.486 e. The van der Waals surface area contributed by atoms with Gasteiger partial charge in [-0.2, -0.15) is 5.10 Å². The van der Waals surface area contributed by atoms with Crippen LogP contribution in [-0.4, -0.2) is 28.0 Å². The van der Waals surface area contributed by atoms with E-state index in [-0.39, 0.29) is 6.04 Å². The topological polar surface area (TPSA) is 61.2 Å². The van der Waals surface area contributed by atoms with E-state index in [1.807, 2.05) is 19.2 Å². The van der Waals surface area contributed by atoms with E-state index in [1.54, 1.807) is 11.0 Å². The van der Waals surface area contributed by atoms with Crippen molar-refractivity contribution in [2.75, 3.05) is 13.2 Å². The highest BCUT2D eigenvalue weighted by Crippen LogP contribution is 2.32. The zero-order valence-corrected chi connectivity index (χ0v) is 11.7. The lowest BCUT2D eigenvalue weighted by Gasteiger charge is -2.20. The molecule has 1 aromatic carbocycles. The number of nitrogens with zero attached hydrogens (tertiary/aromatic N) is 3. The second-order valence-corrected chi connectivity index (χ2v) is 4.84. The summed E-state index contributed by atoms with van der Waals surface area (Å²) in [5.41, 5.74) is 1.16. The summed E-state index contributed by atoms with van der Waals surface area (Å²) in [6.07, 6.45) is 1.70. The third kappa shape index (κ3) is 2.75. The van der Waals surface area contributed by atoms with Crippen molar-refractivity contribution in [3.63, 3.8) is 0 Å². The Morgan fingerprint density at radius 1 is 1.30 bits per heavy atom. The monoisotopic (exact) mass is 274 g/mol. The molecule has 1 aromatic heterocycles. The van der Waals surface area contributed by atoms with E-state index in [9.17, 15) is 0 Å². The van der Waals surface area contributed by atoms with Gasteiger partial charge in [-0.05, 0) is 24.6 Å². The highest BCUT2D eigenvalue weighted by atomic mass is 16.6. The lowest BCUT2D eigenvalue weighted by molar-refractivity contribution is 0.171. The Morgan fingerprint density at radius 3 is 2.85 bits per heavy atom. The van der Waals surface area contributed by atoms with Gasteiger partial charge in [-0.3, -0.25) is 4.68 Å². The van der Waals surface area contributed by atoms with Crippen molar-refractivity contribution >= 4 is 0 Å². The van der Waals surface area contributed by atoms with Crippen LogP contribution in [0.25, 0.3) is 0 Å². The van der Waals surface area contributed by atoms with Crippen LogP contribution in [0.2, 0.25) is 0 Å². The predicted octanol–water partition coefficient (Wildman–Crippen LogP) is 1.44. The molecule has 1 aliphatic heterocycles. The van der Waals surface area contributed by atoms with Gasteiger partial charge in [-0.1, -0.05) is 6.07 Å². The first-order valence-electron chi connectivity index (χ1n) is 6.70. The van der Waals surface area contributed by atoms with E-state index in [1.165, 1.54) is 0 Å². The van der Waals surface area contributed by atoms with Crippen molar-refractivity contribution in [1.29, 1.82) is 0 Å². The van der Waals surface area contributed by atoms with Crippen LogP contribution < -0.4 is 14.8 Å². The van der Waals surface area contributed by atoms with Crippen LogP contribution in [0.15, 0.2) is 24.5 Å². The summed E-state index contributed by atoms with van der Waals surface area (Å²) in [4.78, 5) is 4.20. The molecule has 20 heavy (non-hydrogen) atoms. The average Bonchev–Trinajstić information content (AvgIpc) is 2.90. The van der Waals surface area contributed by atoms with Gasteiger partial charge < -0.3 is 14.8 Å². The normalized spacial score (nSPS) is 15.1. The highest BCUT2D eigenvalue weighted by molar-refractivity contribution is 5.44. The molecule has 6 nitrogen and oxygen atoms in total. The van der Waals surface area contributed by atoms with Crippen LogP contribution >= 0.6 is 0 Å². The Balaban J connectivity index is 1.66. The maximum absolute atomic E-state index is 5.60. The van der Waals surface area contributed by atoms with E-state index in [4.69, 9.17) is 9.47 Å². The van der Waals surface area contributed by atoms with Gasteiger partial charge in [0, 0.05) is 13.1 Å². The summed E-state index contributed by atoms with van der Waals surface area (Å²) in [5, 5.41) is 7.65. The molecule has 0 radical (unpaired) electrons. The Hall–Kier alpha value is -2.08. The summed E-state index contributed by atoms with van der Waals surface area (Å²) in [7, 11) is 1.86. The molecule has 0 spiro atoms. The van der Waals surface area contributed by atoms with Crippen molar-refractivity contribution in [3.8, 4) is 11.5 Å². The van der Waals surface area contributed by atoms with Gasteiger partial charge >= 0.3 is 0 Å².